The van der Waals surface area contributed by atoms with Gasteiger partial charge in [0.05, 0.1) is 0 Å². The number of nitrogens with zero attached hydrogens (tertiary/aromatic N) is 1. The summed E-state index contributed by atoms with van der Waals surface area (Å²) >= 11 is 5.97. The maximum atomic E-state index is 12.7. The Kier molecular flexibility index (Phi) is 8.42. The molecule has 0 aliphatic carbocycles. The number of benzene rings is 2. The van der Waals surface area contributed by atoms with Crippen LogP contribution in [0.3, 0.4) is 0 Å². The number of carbonyl (C=O) groups excluding carboxylic acids is 1. The zero-order chi connectivity index (χ0) is 18.4. The Labute approximate surface area is 172 Å². The van der Waals surface area contributed by atoms with E-state index in [0.717, 1.165) is 39.0 Å². The second kappa shape index (κ2) is 10.5. The van der Waals surface area contributed by atoms with Gasteiger partial charge < -0.3 is 15.0 Å². The fraction of sp³-hybridized carbons (Fsp3) is 0.381. The lowest BCUT2D eigenvalue weighted by Crippen LogP contribution is -2.40. The smallest absolute Gasteiger partial charge is 0.253 e. The Morgan fingerprint density at radius 3 is 2.48 bits per heavy atom. The van der Waals surface area contributed by atoms with Crippen molar-refractivity contribution < 1.29 is 9.53 Å². The fourth-order valence-corrected chi connectivity index (χ4v) is 3.38. The third kappa shape index (κ3) is 6.13. The Balaban J connectivity index is 0.00000261. The lowest BCUT2D eigenvalue weighted by atomic mass is 9.96. The number of hydrogen-bond donors (Lipinski definition) is 1. The van der Waals surface area contributed by atoms with Gasteiger partial charge >= 0.3 is 0 Å². The first kappa shape index (κ1) is 21.5. The first-order valence-electron chi connectivity index (χ1n) is 9.19. The molecule has 2 aromatic carbocycles. The van der Waals surface area contributed by atoms with Crippen LogP contribution in [-0.4, -0.2) is 37.0 Å². The van der Waals surface area contributed by atoms with Gasteiger partial charge in [0.25, 0.3) is 5.91 Å². The normalized spacial score (nSPS) is 14.5. The van der Waals surface area contributed by atoms with Crippen LogP contribution < -0.4 is 10.1 Å². The summed E-state index contributed by atoms with van der Waals surface area (Å²) in [5.41, 5.74) is 0.702. The minimum Gasteiger partial charge on any atom is -0.457 e. The summed E-state index contributed by atoms with van der Waals surface area (Å²) in [4.78, 5) is 14.6. The molecule has 0 aromatic heterocycles. The van der Waals surface area contributed by atoms with E-state index in [9.17, 15) is 4.79 Å². The first-order valence-corrected chi connectivity index (χ1v) is 9.57. The minimum atomic E-state index is 0. The molecule has 2 aromatic rings. The molecule has 0 unspecified atom stereocenters. The highest BCUT2D eigenvalue weighted by molar-refractivity contribution is 6.30. The van der Waals surface area contributed by atoms with E-state index in [1.165, 1.54) is 0 Å². The minimum absolute atomic E-state index is 0. The number of hydrogen-bond acceptors (Lipinski definition) is 3. The highest BCUT2D eigenvalue weighted by atomic mass is 35.5. The van der Waals surface area contributed by atoms with E-state index in [2.05, 4.69) is 12.2 Å². The quantitative estimate of drug-likeness (QED) is 0.729. The van der Waals surface area contributed by atoms with E-state index in [4.69, 9.17) is 16.3 Å². The van der Waals surface area contributed by atoms with Crippen LogP contribution in [0.15, 0.2) is 48.5 Å². The summed E-state index contributed by atoms with van der Waals surface area (Å²) in [6.07, 6.45) is 2.13. The molecule has 0 saturated carbocycles. The largest absolute Gasteiger partial charge is 0.457 e. The Hall–Kier alpha value is -1.75. The number of nitrogens with one attached hydrogen (secondary N) is 1. The maximum Gasteiger partial charge on any atom is 0.253 e. The number of halogens is 2. The molecule has 1 N–H and O–H groups in total. The lowest BCUT2D eigenvalue weighted by Gasteiger charge is -2.32. The van der Waals surface area contributed by atoms with Gasteiger partial charge in [-0.25, -0.2) is 0 Å². The average Bonchev–Trinajstić information content (AvgIpc) is 2.67. The van der Waals surface area contributed by atoms with Gasteiger partial charge in [-0.2, -0.15) is 0 Å². The van der Waals surface area contributed by atoms with E-state index in [0.29, 0.717) is 28.0 Å². The van der Waals surface area contributed by atoms with Crippen LogP contribution in [0, 0.1) is 5.92 Å². The van der Waals surface area contributed by atoms with Gasteiger partial charge in [-0.1, -0.05) is 24.6 Å². The van der Waals surface area contributed by atoms with Crippen LogP contribution in [0.2, 0.25) is 5.02 Å². The predicted molar refractivity (Wildman–Crippen MR) is 112 cm³/mol. The standard InChI is InChI=1S/C21H25ClN2O2.ClH/c1-2-23-15-16-10-12-24(13-11-16)21(25)17-6-8-19(9-7-17)26-20-5-3-4-18(22)14-20;/h3-9,14,16,23H,2,10-13,15H2,1H3;1H. The monoisotopic (exact) mass is 408 g/mol. The van der Waals surface area contributed by atoms with Crippen molar-refractivity contribution in [1.82, 2.24) is 10.2 Å². The molecule has 1 saturated heterocycles. The summed E-state index contributed by atoms with van der Waals surface area (Å²) < 4.78 is 5.77. The van der Waals surface area contributed by atoms with Crippen molar-refractivity contribution >= 4 is 29.9 Å². The predicted octanol–water partition coefficient (Wildman–Crippen LogP) is 5.02. The SMILES string of the molecule is CCNCC1CCN(C(=O)c2ccc(Oc3cccc(Cl)c3)cc2)CC1.Cl. The van der Waals surface area contributed by atoms with Gasteiger partial charge in [0, 0.05) is 23.7 Å². The van der Waals surface area contributed by atoms with Gasteiger partial charge in [0.1, 0.15) is 11.5 Å². The van der Waals surface area contributed by atoms with Crippen LogP contribution in [0.4, 0.5) is 0 Å². The number of ether oxygens (including phenoxy) is 1. The van der Waals surface area contributed by atoms with E-state index in [1.54, 1.807) is 12.1 Å². The van der Waals surface area contributed by atoms with Crippen molar-refractivity contribution in [2.45, 2.75) is 19.8 Å². The summed E-state index contributed by atoms with van der Waals surface area (Å²) in [5.74, 6) is 2.14. The molecule has 6 heteroatoms. The zero-order valence-electron chi connectivity index (χ0n) is 15.5. The Morgan fingerprint density at radius 1 is 1.15 bits per heavy atom. The molecule has 146 valence electrons. The van der Waals surface area contributed by atoms with Crippen molar-refractivity contribution in [2.24, 2.45) is 5.92 Å². The molecule has 0 spiro atoms. The van der Waals surface area contributed by atoms with Crippen molar-refractivity contribution in [3.05, 3.63) is 59.1 Å². The van der Waals surface area contributed by atoms with E-state index < -0.39 is 0 Å². The van der Waals surface area contributed by atoms with E-state index in [-0.39, 0.29) is 18.3 Å². The number of rotatable bonds is 6. The third-order valence-electron chi connectivity index (χ3n) is 4.72. The first-order chi connectivity index (χ1) is 12.7. The van der Waals surface area contributed by atoms with Crippen LogP contribution in [0.5, 0.6) is 11.5 Å². The molecule has 4 nitrogen and oxygen atoms in total. The molecule has 1 heterocycles. The number of likely N-dealkylation sites (tertiary alicyclic amines) is 1. The maximum absolute atomic E-state index is 12.7. The molecule has 1 aliphatic rings. The summed E-state index contributed by atoms with van der Waals surface area (Å²) in [6.45, 7) is 5.83. The number of piperidine rings is 1. The Bertz CT molecular complexity index is 729. The lowest BCUT2D eigenvalue weighted by molar-refractivity contribution is 0.0690. The van der Waals surface area contributed by atoms with Crippen LogP contribution >= 0.6 is 24.0 Å². The van der Waals surface area contributed by atoms with Gasteiger partial charge in [-0.05, 0) is 74.3 Å². The molecule has 1 fully saturated rings. The molecule has 0 radical (unpaired) electrons. The molecular formula is C21H26Cl2N2O2. The van der Waals surface area contributed by atoms with Gasteiger partial charge in [-0.3, -0.25) is 4.79 Å². The highest BCUT2D eigenvalue weighted by Gasteiger charge is 2.23. The van der Waals surface area contributed by atoms with E-state index >= 15 is 0 Å². The molecule has 1 aliphatic heterocycles. The fourth-order valence-electron chi connectivity index (χ4n) is 3.20. The molecule has 0 atom stereocenters. The highest BCUT2D eigenvalue weighted by Crippen LogP contribution is 2.25. The number of amides is 1. The molecule has 1 amide bonds. The van der Waals surface area contributed by atoms with Gasteiger partial charge in [0.2, 0.25) is 0 Å². The van der Waals surface area contributed by atoms with Crippen molar-refractivity contribution in [2.75, 3.05) is 26.2 Å². The molecule has 3 rings (SSSR count). The topological polar surface area (TPSA) is 41.6 Å². The van der Waals surface area contributed by atoms with E-state index in [1.807, 2.05) is 41.3 Å². The molecular weight excluding hydrogens is 383 g/mol. The van der Waals surface area contributed by atoms with Gasteiger partial charge in [-0.15, -0.1) is 12.4 Å². The third-order valence-corrected chi connectivity index (χ3v) is 4.95. The zero-order valence-corrected chi connectivity index (χ0v) is 17.1. The summed E-state index contributed by atoms with van der Waals surface area (Å²) in [6, 6.07) is 14.6. The molecule has 27 heavy (non-hydrogen) atoms. The summed E-state index contributed by atoms with van der Waals surface area (Å²) in [5, 5.41) is 4.03. The van der Waals surface area contributed by atoms with Crippen molar-refractivity contribution in [1.29, 1.82) is 0 Å². The van der Waals surface area contributed by atoms with Crippen LogP contribution in [0.1, 0.15) is 30.1 Å². The van der Waals surface area contributed by atoms with Crippen molar-refractivity contribution in [3.8, 4) is 11.5 Å². The van der Waals surface area contributed by atoms with Crippen LogP contribution in [-0.2, 0) is 0 Å². The number of carbonyl (C=O) groups is 1. The summed E-state index contributed by atoms with van der Waals surface area (Å²) in [7, 11) is 0. The molecule has 0 bridgehead atoms. The van der Waals surface area contributed by atoms with Crippen molar-refractivity contribution in [3.63, 3.8) is 0 Å². The van der Waals surface area contributed by atoms with Crippen LogP contribution in [0.25, 0.3) is 0 Å². The second-order valence-electron chi connectivity index (χ2n) is 6.63. The Morgan fingerprint density at radius 2 is 1.85 bits per heavy atom. The average molecular weight is 409 g/mol. The van der Waals surface area contributed by atoms with Gasteiger partial charge in [0.15, 0.2) is 0 Å². The second-order valence-corrected chi connectivity index (χ2v) is 7.06.